The van der Waals surface area contributed by atoms with Gasteiger partial charge in [0.15, 0.2) is 5.11 Å². The van der Waals surface area contributed by atoms with Crippen molar-refractivity contribution in [1.29, 1.82) is 0 Å². The number of nitrogens with zero attached hydrogens (tertiary/aromatic N) is 2. The molecule has 11 heteroatoms. The molecule has 0 spiro atoms. The maximum Gasteiger partial charge on any atom is 0.416 e. The SMILES string of the molecule is Cc1cc(/C=C2\C(=O)NC(=S)N(c3cccc(C(F)(F)F)c3)C2=O)c(C)n1-c1ccc(C(N)=O)cc1. The van der Waals surface area contributed by atoms with Crippen LogP contribution in [0.25, 0.3) is 11.8 Å². The zero-order valence-electron chi connectivity index (χ0n) is 19.0. The van der Waals surface area contributed by atoms with Gasteiger partial charge in [-0.3, -0.25) is 24.6 Å². The van der Waals surface area contributed by atoms with Crippen LogP contribution in [-0.2, 0) is 15.8 Å². The summed E-state index contributed by atoms with van der Waals surface area (Å²) in [6, 6.07) is 12.5. The van der Waals surface area contributed by atoms with E-state index in [1.165, 1.54) is 12.1 Å². The van der Waals surface area contributed by atoms with Crippen LogP contribution >= 0.6 is 12.2 Å². The van der Waals surface area contributed by atoms with E-state index in [0.717, 1.165) is 34.5 Å². The molecule has 1 aromatic heterocycles. The van der Waals surface area contributed by atoms with Gasteiger partial charge in [0.05, 0.1) is 11.3 Å². The van der Waals surface area contributed by atoms with Gasteiger partial charge in [0.1, 0.15) is 5.57 Å². The predicted molar refractivity (Wildman–Crippen MR) is 131 cm³/mol. The molecule has 0 aliphatic carbocycles. The van der Waals surface area contributed by atoms with Crippen LogP contribution in [0.1, 0.15) is 32.9 Å². The Bertz CT molecular complexity index is 1460. The Morgan fingerprint density at radius 1 is 1.03 bits per heavy atom. The maximum absolute atomic E-state index is 13.3. The molecule has 0 bridgehead atoms. The summed E-state index contributed by atoms with van der Waals surface area (Å²) < 4.78 is 41.5. The predicted octanol–water partition coefficient (Wildman–Crippen LogP) is 4.04. The van der Waals surface area contributed by atoms with Crippen LogP contribution in [0.3, 0.4) is 0 Å². The lowest BCUT2D eigenvalue weighted by atomic mass is 10.1. The third-order valence-electron chi connectivity index (χ3n) is 5.71. The summed E-state index contributed by atoms with van der Waals surface area (Å²) in [5, 5.41) is 2.06. The fourth-order valence-corrected chi connectivity index (χ4v) is 4.26. The lowest BCUT2D eigenvalue weighted by Gasteiger charge is -2.29. The molecule has 7 nitrogen and oxygen atoms in total. The summed E-state index contributed by atoms with van der Waals surface area (Å²) in [5.74, 6) is -2.17. The van der Waals surface area contributed by atoms with E-state index in [9.17, 15) is 27.6 Å². The Labute approximate surface area is 209 Å². The van der Waals surface area contributed by atoms with Gasteiger partial charge in [-0.2, -0.15) is 13.2 Å². The largest absolute Gasteiger partial charge is 0.416 e. The number of alkyl halides is 3. The average Bonchev–Trinajstić information content (AvgIpc) is 3.09. The van der Waals surface area contributed by atoms with Gasteiger partial charge in [0.25, 0.3) is 11.8 Å². The number of hydrogen-bond acceptors (Lipinski definition) is 4. The van der Waals surface area contributed by atoms with E-state index in [-0.39, 0.29) is 16.4 Å². The fourth-order valence-electron chi connectivity index (χ4n) is 3.97. The van der Waals surface area contributed by atoms with Crippen molar-refractivity contribution in [1.82, 2.24) is 9.88 Å². The number of nitrogens with one attached hydrogen (secondary N) is 1. The van der Waals surface area contributed by atoms with Gasteiger partial charge >= 0.3 is 6.18 Å². The molecule has 3 N–H and O–H groups in total. The fraction of sp³-hybridized carbons (Fsp3) is 0.120. The quantitative estimate of drug-likeness (QED) is 0.313. The third-order valence-corrected chi connectivity index (χ3v) is 6.00. The number of anilines is 1. The second-order valence-electron chi connectivity index (χ2n) is 8.08. The highest BCUT2D eigenvalue weighted by molar-refractivity contribution is 7.80. The average molecular weight is 513 g/mol. The summed E-state index contributed by atoms with van der Waals surface area (Å²) >= 11 is 5.09. The summed E-state index contributed by atoms with van der Waals surface area (Å²) in [5.41, 5.74) is 7.02. The van der Waals surface area contributed by atoms with Crippen LogP contribution in [0.15, 0.2) is 60.2 Å². The minimum atomic E-state index is -4.62. The van der Waals surface area contributed by atoms with Crippen LogP contribution in [0.5, 0.6) is 0 Å². The smallest absolute Gasteiger partial charge is 0.366 e. The Morgan fingerprint density at radius 2 is 1.69 bits per heavy atom. The Kier molecular flexibility index (Phi) is 6.27. The van der Waals surface area contributed by atoms with Gasteiger partial charge in [-0.15, -0.1) is 0 Å². The van der Waals surface area contributed by atoms with Crippen molar-refractivity contribution in [2.24, 2.45) is 5.73 Å². The van der Waals surface area contributed by atoms with Crippen molar-refractivity contribution in [2.45, 2.75) is 20.0 Å². The Morgan fingerprint density at radius 3 is 2.31 bits per heavy atom. The molecular formula is C25H19F3N4O3S. The molecule has 1 aliphatic heterocycles. The number of rotatable bonds is 4. The lowest BCUT2D eigenvalue weighted by molar-refractivity contribution is -0.137. The highest BCUT2D eigenvalue weighted by Crippen LogP contribution is 2.33. The van der Waals surface area contributed by atoms with E-state index < -0.39 is 29.5 Å². The van der Waals surface area contributed by atoms with Crippen LogP contribution in [0.2, 0.25) is 0 Å². The van der Waals surface area contributed by atoms with Crippen molar-refractivity contribution >= 4 is 46.8 Å². The molecule has 0 radical (unpaired) electrons. The van der Waals surface area contributed by atoms with Crippen molar-refractivity contribution in [3.8, 4) is 5.69 Å². The van der Waals surface area contributed by atoms with Crippen molar-refractivity contribution < 1.29 is 27.6 Å². The molecule has 2 aromatic carbocycles. The minimum absolute atomic E-state index is 0.120. The van der Waals surface area contributed by atoms with Gasteiger partial charge in [0.2, 0.25) is 5.91 Å². The molecule has 3 aromatic rings. The van der Waals surface area contributed by atoms with Crippen LogP contribution in [0.4, 0.5) is 18.9 Å². The number of benzene rings is 2. The number of carbonyl (C=O) groups excluding carboxylic acids is 3. The Balaban J connectivity index is 1.74. The summed E-state index contributed by atoms with van der Waals surface area (Å²) in [6.45, 7) is 3.60. The Hall–Kier alpha value is -4.25. The van der Waals surface area contributed by atoms with Gasteiger partial charge < -0.3 is 10.3 Å². The number of primary amides is 1. The summed E-state index contributed by atoms with van der Waals surface area (Å²) in [6.07, 6.45) is -3.25. The van der Waals surface area contributed by atoms with Crippen LogP contribution in [0, 0.1) is 13.8 Å². The highest BCUT2D eigenvalue weighted by Gasteiger charge is 2.36. The number of halogens is 3. The first kappa shape index (κ1) is 24.9. The van der Waals surface area contributed by atoms with E-state index in [0.29, 0.717) is 16.8 Å². The molecule has 0 atom stereocenters. The second-order valence-corrected chi connectivity index (χ2v) is 8.47. The van der Waals surface area contributed by atoms with Crippen molar-refractivity contribution in [2.75, 3.05) is 4.90 Å². The number of thiocarbonyl (C=S) groups is 1. The van der Waals surface area contributed by atoms with E-state index in [4.69, 9.17) is 18.0 Å². The standard InChI is InChI=1S/C25H19F3N4O3S/c1-13-10-16(14(2)31(13)18-8-6-15(7-9-18)21(29)33)11-20-22(34)30-24(36)32(23(20)35)19-5-3-4-17(12-19)25(26,27)28/h3-12H,1-2H3,(H2,29,33)(H,30,34,36)/b20-11+. The molecule has 1 saturated heterocycles. The molecule has 2 heterocycles. The third kappa shape index (κ3) is 4.52. The molecule has 1 aliphatic rings. The zero-order chi connectivity index (χ0) is 26.4. The first-order valence-electron chi connectivity index (χ1n) is 10.6. The molecule has 36 heavy (non-hydrogen) atoms. The van der Waals surface area contributed by atoms with E-state index >= 15 is 0 Å². The van der Waals surface area contributed by atoms with Crippen molar-refractivity contribution in [3.63, 3.8) is 0 Å². The molecule has 3 amide bonds. The van der Waals surface area contributed by atoms with E-state index in [1.54, 1.807) is 37.3 Å². The topological polar surface area (TPSA) is 97.4 Å². The number of aromatic nitrogens is 1. The number of aryl methyl sites for hydroxylation is 1. The van der Waals surface area contributed by atoms with Gasteiger partial charge in [-0.05, 0) is 86.2 Å². The normalized spacial score (nSPS) is 15.4. The molecule has 0 saturated carbocycles. The molecule has 1 fully saturated rings. The maximum atomic E-state index is 13.3. The highest BCUT2D eigenvalue weighted by atomic mass is 32.1. The summed E-state index contributed by atoms with van der Waals surface area (Å²) in [4.78, 5) is 38.1. The van der Waals surface area contributed by atoms with Gasteiger partial charge in [-0.25, -0.2) is 0 Å². The van der Waals surface area contributed by atoms with Gasteiger partial charge in [0, 0.05) is 22.6 Å². The van der Waals surface area contributed by atoms with Crippen molar-refractivity contribution in [3.05, 3.63) is 88.2 Å². The van der Waals surface area contributed by atoms with E-state index in [1.807, 2.05) is 11.5 Å². The number of nitrogens with two attached hydrogens (primary N) is 1. The minimum Gasteiger partial charge on any atom is -0.366 e. The first-order chi connectivity index (χ1) is 16.9. The number of hydrogen-bond donors (Lipinski definition) is 2. The van der Waals surface area contributed by atoms with E-state index in [2.05, 4.69) is 5.32 Å². The molecule has 4 rings (SSSR count). The second kappa shape index (κ2) is 9.08. The molecular weight excluding hydrogens is 493 g/mol. The monoisotopic (exact) mass is 512 g/mol. The van der Waals surface area contributed by atoms with Gasteiger partial charge in [-0.1, -0.05) is 6.07 Å². The van der Waals surface area contributed by atoms with Crippen LogP contribution < -0.4 is 16.0 Å². The number of carbonyl (C=O) groups is 3. The zero-order valence-corrected chi connectivity index (χ0v) is 19.8. The molecule has 184 valence electrons. The number of amides is 3. The summed E-state index contributed by atoms with van der Waals surface area (Å²) in [7, 11) is 0. The van der Waals surface area contributed by atoms with Crippen LogP contribution in [-0.4, -0.2) is 27.4 Å². The first-order valence-corrected chi connectivity index (χ1v) is 11.0. The lowest BCUT2D eigenvalue weighted by Crippen LogP contribution is -2.54. The molecule has 0 unspecified atom stereocenters.